The van der Waals surface area contributed by atoms with E-state index in [0.717, 1.165) is 0 Å². The van der Waals surface area contributed by atoms with Crippen LogP contribution in [0.2, 0.25) is 0 Å². The van der Waals surface area contributed by atoms with Gasteiger partial charge in [-0.15, -0.1) is 0 Å². The number of carbonyl (C=O) groups is 1. The van der Waals surface area contributed by atoms with Gasteiger partial charge in [-0.3, -0.25) is 10.4 Å². The molecule has 10 N–H and O–H groups in total. The van der Waals surface area contributed by atoms with Crippen LogP contribution in [0.15, 0.2) is 87.8 Å². The van der Waals surface area contributed by atoms with E-state index in [1.165, 1.54) is 30.6 Å². The van der Waals surface area contributed by atoms with Gasteiger partial charge in [-0.1, -0.05) is 24.3 Å². The molecule has 0 radical (unpaired) electrons. The van der Waals surface area contributed by atoms with Gasteiger partial charge in [0.1, 0.15) is 72.0 Å². The van der Waals surface area contributed by atoms with Crippen molar-refractivity contribution in [1.82, 2.24) is 0 Å². The number of aromatic hydroxyl groups is 2. The maximum atomic E-state index is 12.4. The number of hydrogen-bond acceptors (Lipinski definition) is 15. The minimum Gasteiger partial charge on any atom is -0.508 e. The normalized spacial score (nSPS) is 25.8. The average molecular weight is 774 g/mol. The van der Waals surface area contributed by atoms with Crippen LogP contribution in [0.25, 0.3) is 5.76 Å². The second-order valence-electron chi connectivity index (χ2n) is 13.3. The minimum absolute atomic E-state index is 0.0415. The number of nitrogens with two attached hydrogens (primary N) is 1. The number of aliphatic hydroxyl groups excluding tert-OH is 4. The summed E-state index contributed by atoms with van der Waals surface area (Å²) in [5, 5.41) is 92.4. The number of hydrogen-bond donors (Lipinski definition) is 9. The molecule has 7 rings (SSSR count). The summed E-state index contributed by atoms with van der Waals surface area (Å²) in [4.78, 5) is 24.3. The first kappa shape index (κ1) is 38.0. The molecule has 3 aromatic carbocycles. The zero-order chi connectivity index (χ0) is 39.7. The van der Waals surface area contributed by atoms with Crippen molar-refractivity contribution in [2.45, 2.75) is 55.4 Å². The lowest BCUT2D eigenvalue weighted by Crippen LogP contribution is -2.69. The summed E-state index contributed by atoms with van der Waals surface area (Å²) in [7, 11) is 0. The van der Waals surface area contributed by atoms with Crippen molar-refractivity contribution >= 4 is 35.3 Å². The zero-order valence-corrected chi connectivity index (χ0v) is 29.2. The Bertz CT molecular complexity index is 2180. The lowest BCUT2D eigenvalue weighted by molar-refractivity contribution is -0.303. The maximum absolute atomic E-state index is 12.4. The summed E-state index contributed by atoms with van der Waals surface area (Å²) in [5.74, 6) is -3.07. The number of carboxylic acids is 1. The van der Waals surface area contributed by atoms with E-state index < -0.39 is 72.1 Å². The van der Waals surface area contributed by atoms with Crippen LogP contribution < -0.4 is 24.4 Å². The van der Waals surface area contributed by atoms with E-state index in [-0.39, 0.29) is 54.1 Å². The van der Waals surface area contributed by atoms with Crippen LogP contribution in [-0.2, 0) is 16.1 Å². The lowest BCUT2D eigenvalue weighted by Gasteiger charge is -2.46. The molecule has 0 amide bonds. The molecule has 4 aliphatic heterocycles. The predicted octanol–water partition coefficient (Wildman–Crippen LogP) is 0.132. The zero-order valence-electron chi connectivity index (χ0n) is 29.2. The van der Waals surface area contributed by atoms with E-state index in [1.807, 2.05) is 0 Å². The molecule has 0 aliphatic carbocycles. The van der Waals surface area contributed by atoms with Crippen LogP contribution in [-0.4, -0.2) is 120 Å². The van der Waals surface area contributed by atoms with Gasteiger partial charge in [0.05, 0.1) is 6.54 Å². The lowest BCUT2D eigenvalue weighted by atomic mass is 9.80. The van der Waals surface area contributed by atoms with Crippen molar-refractivity contribution in [3.63, 3.8) is 0 Å². The Kier molecular flexibility index (Phi) is 10.5. The summed E-state index contributed by atoms with van der Waals surface area (Å²) >= 11 is 0. The first-order chi connectivity index (χ1) is 26.8. The largest absolute Gasteiger partial charge is 0.508 e. The summed E-state index contributed by atoms with van der Waals surface area (Å²) in [6.07, 6.45) is -5.04. The minimum atomic E-state index is -2.55. The topological polar surface area (TPSA) is 288 Å². The smallest absolute Gasteiger partial charge is 0.336 e. The molecule has 1 saturated heterocycles. The Morgan fingerprint density at radius 3 is 2.52 bits per heavy atom. The number of amidine groups is 1. The van der Waals surface area contributed by atoms with Crippen molar-refractivity contribution in [3.8, 4) is 34.5 Å². The number of phenols is 2. The fourth-order valence-corrected chi connectivity index (χ4v) is 6.49. The number of aliphatic imine (C=N–C) groups is 3. The van der Waals surface area contributed by atoms with Gasteiger partial charge in [0, 0.05) is 30.4 Å². The molecule has 7 atom stereocenters. The van der Waals surface area contributed by atoms with Gasteiger partial charge >= 0.3 is 11.8 Å². The van der Waals surface area contributed by atoms with E-state index in [9.17, 15) is 45.6 Å². The van der Waals surface area contributed by atoms with Gasteiger partial charge in [0.2, 0.25) is 12.0 Å². The molecule has 0 aromatic heterocycles. The molecule has 0 saturated carbocycles. The summed E-state index contributed by atoms with van der Waals surface area (Å²) in [6, 6.07) is 13.8. The third kappa shape index (κ3) is 7.63. The van der Waals surface area contributed by atoms with Crippen LogP contribution in [0.3, 0.4) is 0 Å². The van der Waals surface area contributed by atoms with Crippen LogP contribution in [0.1, 0.15) is 29.2 Å². The Balaban J connectivity index is 1.16. The fourth-order valence-electron chi connectivity index (χ4n) is 6.49. The van der Waals surface area contributed by atoms with E-state index >= 15 is 0 Å². The maximum Gasteiger partial charge on any atom is 0.336 e. The quantitative estimate of drug-likeness (QED) is 0.112. The fraction of sp³-hybridized carbons (Fsp3) is 0.289. The molecule has 18 heteroatoms. The monoisotopic (exact) mass is 773 g/mol. The third-order valence-corrected chi connectivity index (χ3v) is 9.33. The summed E-state index contributed by atoms with van der Waals surface area (Å²) < 4.78 is 29.3. The second-order valence-corrected chi connectivity index (χ2v) is 13.3. The highest BCUT2D eigenvalue weighted by molar-refractivity contribution is 6.14. The first-order valence-electron chi connectivity index (χ1n) is 17.2. The SMILES string of the molecule is [NH2+]=C1C=CC(C(O)COc2ccc(C3C=C(O)c4c(cc(OC5OC(C(=O)O)C(O)(CC6=NC=NC6)C(O)C5O)c(OCc5cccc(O)c5)c4O)O3)cc2)=N1. The predicted molar refractivity (Wildman–Crippen MR) is 195 cm³/mol. The van der Waals surface area contributed by atoms with Gasteiger partial charge in [-0.25, -0.2) is 9.79 Å². The number of fused-ring (bicyclic) bond motifs is 1. The van der Waals surface area contributed by atoms with Crippen LogP contribution in [0.4, 0.5) is 0 Å². The van der Waals surface area contributed by atoms with Crippen molar-refractivity contribution in [1.29, 1.82) is 0 Å². The van der Waals surface area contributed by atoms with Crippen LogP contribution >= 0.6 is 0 Å². The number of phenolic OH excluding ortho intramolecular Hbond substituents is 2. The Morgan fingerprint density at radius 1 is 1.05 bits per heavy atom. The Labute approximate surface area is 317 Å². The van der Waals surface area contributed by atoms with Gasteiger partial charge < -0.3 is 64.5 Å². The number of aliphatic hydroxyl groups is 5. The van der Waals surface area contributed by atoms with E-state index in [4.69, 9.17) is 29.1 Å². The average Bonchev–Trinajstić information content (AvgIpc) is 3.85. The molecule has 3 aromatic rings. The van der Waals surface area contributed by atoms with E-state index in [0.29, 0.717) is 22.6 Å². The van der Waals surface area contributed by atoms with Crippen molar-refractivity contribution in [2.75, 3.05) is 13.2 Å². The van der Waals surface area contributed by atoms with Crippen LogP contribution in [0, 0.1) is 0 Å². The molecule has 0 spiro atoms. The molecule has 4 aliphatic rings. The number of ether oxygens (including phenoxy) is 5. The number of benzene rings is 3. The molecule has 4 heterocycles. The molecule has 292 valence electrons. The standard InChI is InChI=1S/C38H36N4O14/c39-29-9-8-23(42-29)25(45)16-52-22-6-4-19(5-7-22)26-11-24(44)30-27(54-26)12-28(33(31(30)46)53-15-18-2-1-3-21(43)10-18)55-37-32(47)34(48)38(51,35(56-37)36(49)50)13-20-14-40-17-41-20/h1-12,17,25-26,32,34-35,37,39,43-48,51H,13-16H2,(H,49,50)/p+1. The number of rotatable bonds is 13. The van der Waals surface area contributed by atoms with Gasteiger partial charge in [0.15, 0.2) is 29.4 Å². The highest BCUT2D eigenvalue weighted by atomic mass is 16.7. The van der Waals surface area contributed by atoms with Crippen molar-refractivity contribution in [2.24, 2.45) is 15.0 Å². The first-order valence-corrected chi connectivity index (χ1v) is 17.2. The molecule has 7 unspecified atom stereocenters. The number of aliphatic carboxylic acids is 1. The third-order valence-electron chi connectivity index (χ3n) is 9.33. The molecule has 0 bridgehead atoms. The van der Waals surface area contributed by atoms with Gasteiger partial charge in [0.25, 0.3) is 0 Å². The van der Waals surface area contributed by atoms with Crippen molar-refractivity contribution in [3.05, 3.63) is 89.5 Å². The Hall–Kier alpha value is -6.31. The number of nitrogens with zero attached hydrogens (tertiary/aromatic N) is 3. The molecule has 18 nitrogen and oxygen atoms in total. The molecule has 56 heavy (non-hydrogen) atoms. The van der Waals surface area contributed by atoms with Crippen molar-refractivity contribution < 1.29 is 74.7 Å². The highest BCUT2D eigenvalue weighted by Gasteiger charge is 2.59. The Morgan fingerprint density at radius 2 is 1.84 bits per heavy atom. The van der Waals surface area contributed by atoms with Gasteiger partial charge in [-0.05, 0) is 46.5 Å². The van der Waals surface area contributed by atoms with E-state index in [1.54, 1.807) is 48.6 Å². The summed E-state index contributed by atoms with van der Waals surface area (Å²) in [5.41, 5.74) is -1.15. The van der Waals surface area contributed by atoms with Gasteiger partial charge in [-0.2, -0.15) is 0 Å². The molecular formula is C38H37N4O14+. The second kappa shape index (κ2) is 15.4. The van der Waals surface area contributed by atoms with E-state index in [2.05, 4.69) is 15.0 Å². The highest BCUT2D eigenvalue weighted by Crippen LogP contribution is 2.51. The summed E-state index contributed by atoms with van der Waals surface area (Å²) in [6.45, 7) is -0.319. The number of carboxylic acid groups (broad SMARTS) is 1. The van der Waals surface area contributed by atoms with Crippen LogP contribution in [0.5, 0.6) is 34.5 Å². The molecular weight excluding hydrogens is 736 g/mol. The molecule has 1 fully saturated rings.